The van der Waals surface area contributed by atoms with E-state index in [1.165, 1.54) is 17.7 Å². The summed E-state index contributed by atoms with van der Waals surface area (Å²) in [5.41, 5.74) is 3.13. The standard InChI is InChI=1S/C17H21N5/c18-10-15-2-4-16(5-3-15)12-22-14-20-11-17(22)13-21-8-1-6-19-7-9-21/h2-5,11,14,19H,1,6-9,12-13H2. The quantitative estimate of drug-likeness (QED) is 0.931. The van der Waals surface area contributed by atoms with Gasteiger partial charge in [0.15, 0.2) is 0 Å². The SMILES string of the molecule is N#Cc1ccc(Cn2cncc2CN2CCCNCC2)cc1. The van der Waals surface area contributed by atoms with Crippen molar-refractivity contribution in [2.75, 3.05) is 26.2 Å². The molecule has 3 rings (SSSR count). The van der Waals surface area contributed by atoms with E-state index >= 15 is 0 Å². The topological polar surface area (TPSA) is 56.9 Å². The summed E-state index contributed by atoms with van der Waals surface area (Å²) < 4.78 is 2.19. The summed E-state index contributed by atoms with van der Waals surface area (Å²) in [4.78, 5) is 6.79. The van der Waals surface area contributed by atoms with Crippen molar-refractivity contribution in [2.24, 2.45) is 0 Å². The second-order valence-electron chi connectivity index (χ2n) is 5.70. The molecule has 1 fully saturated rings. The van der Waals surface area contributed by atoms with Gasteiger partial charge in [0.25, 0.3) is 0 Å². The first-order valence-electron chi connectivity index (χ1n) is 7.76. The molecule has 1 aliphatic heterocycles. The zero-order valence-electron chi connectivity index (χ0n) is 12.7. The fourth-order valence-electron chi connectivity index (χ4n) is 2.79. The fourth-order valence-corrected chi connectivity index (χ4v) is 2.79. The number of hydrogen-bond donors (Lipinski definition) is 1. The molecule has 0 bridgehead atoms. The minimum atomic E-state index is 0.701. The average Bonchev–Trinajstić information content (AvgIpc) is 2.82. The number of nitrogens with zero attached hydrogens (tertiary/aromatic N) is 4. The number of aromatic nitrogens is 2. The number of imidazole rings is 1. The van der Waals surface area contributed by atoms with Crippen LogP contribution in [0.5, 0.6) is 0 Å². The largest absolute Gasteiger partial charge is 0.329 e. The highest BCUT2D eigenvalue weighted by atomic mass is 15.2. The van der Waals surface area contributed by atoms with Crippen molar-refractivity contribution in [3.8, 4) is 6.07 Å². The first kappa shape index (κ1) is 14.8. The lowest BCUT2D eigenvalue weighted by Crippen LogP contribution is -2.28. The smallest absolute Gasteiger partial charge is 0.0991 e. The van der Waals surface area contributed by atoms with Crippen LogP contribution in [0.4, 0.5) is 0 Å². The highest BCUT2D eigenvalue weighted by Gasteiger charge is 2.11. The molecule has 22 heavy (non-hydrogen) atoms. The Balaban J connectivity index is 1.67. The summed E-state index contributed by atoms with van der Waals surface area (Å²) in [7, 11) is 0. The van der Waals surface area contributed by atoms with Crippen LogP contribution in [0.15, 0.2) is 36.8 Å². The molecule has 1 aromatic heterocycles. The van der Waals surface area contributed by atoms with Crippen LogP contribution < -0.4 is 5.32 Å². The van der Waals surface area contributed by atoms with Crippen LogP contribution in [0.1, 0.15) is 23.2 Å². The molecule has 1 saturated heterocycles. The van der Waals surface area contributed by atoms with Crippen LogP contribution >= 0.6 is 0 Å². The molecule has 0 atom stereocenters. The van der Waals surface area contributed by atoms with E-state index in [1.54, 1.807) is 0 Å². The van der Waals surface area contributed by atoms with E-state index in [0.29, 0.717) is 5.56 Å². The van der Waals surface area contributed by atoms with Gasteiger partial charge in [-0.2, -0.15) is 5.26 Å². The maximum atomic E-state index is 8.86. The van der Waals surface area contributed by atoms with Crippen molar-refractivity contribution in [1.29, 1.82) is 5.26 Å². The van der Waals surface area contributed by atoms with Crippen LogP contribution in [0, 0.1) is 11.3 Å². The molecular formula is C17H21N5. The van der Waals surface area contributed by atoms with Gasteiger partial charge in [0.2, 0.25) is 0 Å². The molecule has 0 aliphatic carbocycles. The zero-order valence-corrected chi connectivity index (χ0v) is 12.7. The Kier molecular flexibility index (Phi) is 4.84. The second kappa shape index (κ2) is 7.21. The van der Waals surface area contributed by atoms with Crippen LogP contribution in [-0.2, 0) is 13.1 Å². The van der Waals surface area contributed by atoms with Crippen molar-refractivity contribution in [3.63, 3.8) is 0 Å². The molecule has 114 valence electrons. The summed E-state index contributed by atoms with van der Waals surface area (Å²) in [6, 6.07) is 9.91. The van der Waals surface area contributed by atoms with Crippen molar-refractivity contribution in [2.45, 2.75) is 19.5 Å². The predicted octanol–water partition coefficient (Wildman–Crippen LogP) is 1.60. The lowest BCUT2D eigenvalue weighted by Gasteiger charge is -2.20. The molecule has 0 radical (unpaired) electrons. The lowest BCUT2D eigenvalue weighted by atomic mass is 10.1. The Morgan fingerprint density at radius 3 is 2.82 bits per heavy atom. The van der Waals surface area contributed by atoms with Crippen LogP contribution in [0.25, 0.3) is 0 Å². The number of nitrogens with one attached hydrogen (secondary N) is 1. The molecule has 0 amide bonds. The first-order valence-corrected chi connectivity index (χ1v) is 7.76. The van der Waals surface area contributed by atoms with E-state index < -0.39 is 0 Å². The molecule has 0 saturated carbocycles. The van der Waals surface area contributed by atoms with Crippen LogP contribution in [-0.4, -0.2) is 40.6 Å². The van der Waals surface area contributed by atoms with Gasteiger partial charge in [0.05, 0.1) is 23.7 Å². The summed E-state index contributed by atoms with van der Waals surface area (Å²) >= 11 is 0. The predicted molar refractivity (Wildman–Crippen MR) is 85.2 cm³/mol. The summed E-state index contributed by atoms with van der Waals surface area (Å²) in [5.74, 6) is 0. The third kappa shape index (κ3) is 3.73. The molecule has 0 spiro atoms. The Labute approximate surface area is 131 Å². The van der Waals surface area contributed by atoms with E-state index in [1.807, 2.05) is 36.8 Å². The summed E-state index contributed by atoms with van der Waals surface area (Å²) in [6.45, 7) is 6.13. The van der Waals surface area contributed by atoms with Crippen LogP contribution in [0.2, 0.25) is 0 Å². The monoisotopic (exact) mass is 295 g/mol. The number of hydrogen-bond acceptors (Lipinski definition) is 4. The maximum absolute atomic E-state index is 8.86. The molecule has 0 unspecified atom stereocenters. The van der Waals surface area contributed by atoms with Crippen molar-refractivity contribution in [3.05, 3.63) is 53.6 Å². The van der Waals surface area contributed by atoms with E-state index in [0.717, 1.165) is 39.3 Å². The Hall–Kier alpha value is -2.16. The normalized spacial score (nSPS) is 16.1. The van der Waals surface area contributed by atoms with Gasteiger partial charge in [-0.05, 0) is 37.2 Å². The summed E-state index contributed by atoms with van der Waals surface area (Å²) in [6.07, 6.45) is 5.05. The van der Waals surface area contributed by atoms with E-state index in [2.05, 4.69) is 25.8 Å². The third-order valence-electron chi connectivity index (χ3n) is 4.05. The van der Waals surface area contributed by atoms with E-state index in [9.17, 15) is 0 Å². The van der Waals surface area contributed by atoms with Gasteiger partial charge in [0.1, 0.15) is 0 Å². The molecule has 5 nitrogen and oxygen atoms in total. The Morgan fingerprint density at radius 1 is 1.14 bits per heavy atom. The maximum Gasteiger partial charge on any atom is 0.0991 e. The van der Waals surface area contributed by atoms with Crippen LogP contribution in [0.3, 0.4) is 0 Å². The minimum Gasteiger partial charge on any atom is -0.329 e. The van der Waals surface area contributed by atoms with Gasteiger partial charge in [-0.1, -0.05) is 12.1 Å². The van der Waals surface area contributed by atoms with Crippen molar-refractivity contribution < 1.29 is 0 Å². The second-order valence-corrected chi connectivity index (χ2v) is 5.70. The molecule has 2 aromatic rings. The molecule has 1 aliphatic rings. The number of benzene rings is 1. The van der Waals surface area contributed by atoms with Crippen molar-refractivity contribution >= 4 is 0 Å². The summed E-state index contributed by atoms with van der Waals surface area (Å²) in [5, 5.41) is 12.3. The van der Waals surface area contributed by atoms with Gasteiger partial charge in [-0.3, -0.25) is 4.90 Å². The lowest BCUT2D eigenvalue weighted by molar-refractivity contribution is 0.277. The zero-order chi connectivity index (χ0) is 15.2. The Morgan fingerprint density at radius 2 is 2.00 bits per heavy atom. The molecular weight excluding hydrogens is 274 g/mol. The average molecular weight is 295 g/mol. The minimum absolute atomic E-state index is 0.701. The third-order valence-corrected chi connectivity index (χ3v) is 4.05. The molecule has 1 aromatic carbocycles. The van der Waals surface area contributed by atoms with Gasteiger partial charge < -0.3 is 9.88 Å². The number of rotatable bonds is 4. The highest BCUT2D eigenvalue weighted by molar-refractivity contribution is 5.31. The van der Waals surface area contributed by atoms with E-state index in [-0.39, 0.29) is 0 Å². The highest BCUT2D eigenvalue weighted by Crippen LogP contribution is 2.11. The van der Waals surface area contributed by atoms with Gasteiger partial charge in [-0.25, -0.2) is 4.98 Å². The Bertz CT molecular complexity index is 630. The molecule has 5 heteroatoms. The van der Waals surface area contributed by atoms with Gasteiger partial charge in [0, 0.05) is 32.4 Å². The van der Waals surface area contributed by atoms with Crippen molar-refractivity contribution in [1.82, 2.24) is 19.8 Å². The molecule has 1 N–H and O–H groups in total. The van der Waals surface area contributed by atoms with Gasteiger partial charge >= 0.3 is 0 Å². The molecule has 2 heterocycles. The van der Waals surface area contributed by atoms with Gasteiger partial charge in [-0.15, -0.1) is 0 Å². The number of nitriles is 1. The first-order chi connectivity index (χ1) is 10.8. The van der Waals surface area contributed by atoms with E-state index in [4.69, 9.17) is 5.26 Å². The fraction of sp³-hybridized carbons (Fsp3) is 0.412.